The lowest BCUT2D eigenvalue weighted by atomic mass is 10.0. The van der Waals surface area contributed by atoms with Gasteiger partial charge in [-0.1, -0.05) is 6.07 Å². The number of aromatic amines is 1. The van der Waals surface area contributed by atoms with Gasteiger partial charge >= 0.3 is 5.97 Å². The summed E-state index contributed by atoms with van der Waals surface area (Å²) in [6.45, 7) is 0.845. The Hall–Kier alpha value is -4.90. The highest BCUT2D eigenvalue weighted by Gasteiger charge is 2.16. The topological polar surface area (TPSA) is 139 Å². The molecule has 5 N–H and O–H groups in total. The van der Waals surface area contributed by atoms with Gasteiger partial charge in [-0.15, -0.1) is 0 Å². The van der Waals surface area contributed by atoms with Gasteiger partial charge in [0.15, 0.2) is 0 Å². The van der Waals surface area contributed by atoms with E-state index in [1.165, 1.54) is 30.5 Å². The number of aromatic nitrogens is 4. The molecule has 2 heterocycles. The van der Waals surface area contributed by atoms with Crippen LogP contribution in [0.4, 0.5) is 14.5 Å². The van der Waals surface area contributed by atoms with Crippen molar-refractivity contribution in [3.8, 4) is 28.4 Å². The van der Waals surface area contributed by atoms with Crippen molar-refractivity contribution in [1.29, 1.82) is 0 Å². The van der Waals surface area contributed by atoms with Crippen LogP contribution in [0.3, 0.4) is 0 Å². The van der Waals surface area contributed by atoms with Gasteiger partial charge in [0, 0.05) is 23.4 Å². The maximum absolute atomic E-state index is 13.8. The first-order valence-electron chi connectivity index (χ1n) is 11.6. The van der Waals surface area contributed by atoms with Crippen molar-refractivity contribution in [3.05, 3.63) is 89.9 Å². The number of H-pyrrole nitrogens is 1. The van der Waals surface area contributed by atoms with E-state index in [9.17, 15) is 18.7 Å². The first-order chi connectivity index (χ1) is 18.4. The zero-order valence-corrected chi connectivity index (χ0v) is 19.9. The number of carbonyl (C=O) groups is 1. The molecule has 0 aliphatic carbocycles. The summed E-state index contributed by atoms with van der Waals surface area (Å²) < 4.78 is 32.9. The van der Waals surface area contributed by atoms with Crippen molar-refractivity contribution in [1.82, 2.24) is 19.9 Å². The molecule has 38 heavy (non-hydrogen) atoms. The minimum absolute atomic E-state index is 0.184. The van der Waals surface area contributed by atoms with E-state index in [4.69, 9.17) is 15.5 Å². The number of nitrogens with two attached hydrogens (primary N) is 1. The molecule has 11 heteroatoms. The molecule has 192 valence electrons. The summed E-state index contributed by atoms with van der Waals surface area (Å²) in [5.74, 6) is -1.68. The molecule has 0 fully saturated rings. The van der Waals surface area contributed by atoms with Crippen LogP contribution < -0.4 is 15.8 Å². The predicted octanol–water partition coefficient (Wildman–Crippen LogP) is 4.61. The van der Waals surface area contributed by atoms with Crippen molar-refractivity contribution in [2.75, 3.05) is 18.5 Å². The maximum Gasteiger partial charge on any atom is 0.338 e. The number of carboxylic acids is 1. The lowest BCUT2D eigenvalue weighted by Crippen LogP contribution is -2.11. The molecular weight excluding hydrogens is 494 g/mol. The Balaban J connectivity index is 1.51. The number of imidazole rings is 1. The van der Waals surface area contributed by atoms with Crippen LogP contribution in [-0.2, 0) is 6.54 Å². The maximum atomic E-state index is 13.8. The molecule has 0 amide bonds. The van der Waals surface area contributed by atoms with Gasteiger partial charge in [0.1, 0.15) is 24.1 Å². The van der Waals surface area contributed by atoms with Gasteiger partial charge in [0.2, 0.25) is 5.88 Å². The van der Waals surface area contributed by atoms with Crippen molar-refractivity contribution in [2.45, 2.75) is 6.54 Å². The fourth-order valence-corrected chi connectivity index (χ4v) is 3.90. The number of nitrogens with one attached hydrogen (secondary N) is 2. The lowest BCUT2D eigenvalue weighted by molar-refractivity contribution is 0.0692. The molecule has 0 spiro atoms. The van der Waals surface area contributed by atoms with E-state index in [1.54, 1.807) is 12.1 Å². The fraction of sp³-hybridized carbons (Fsp3) is 0.111. The van der Waals surface area contributed by atoms with E-state index >= 15 is 0 Å². The molecule has 9 nitrogen and oxygen atoms in total. The molecular formula is C27H22F2N6O3. The van der Waals surface area contributed by atoms with Gasteiger partial charge in [-0.2, -0.15) is 0 Å². The molecule has 0 unspecified atom stereocenters. The highest BCUT2D eigenvalue weighted by Crippen LogP contribution is 2.32. The second-order valence-electron chi connectivity index (χ2n) is 8.32. The van der Waals surface area contributed by atoms with Gasteiger partial charge in [0.05, 0.1) is 40.7 Å². The van der Waals surface area contributed by atoms with Gasteiger partial charge in [-0.3, -0.25) is 0 Å². The smallest absolute Gasteiger partial charge is 0.338 e. The second-order valence-corrected chi connectivity index (χ2v) is 8.32. The Morgan fingerprint density at radius 2 is 1.79 bits per heavy atom. The van der Waals surface area contributed by atoms with Crippen LogP contribution in [0.1, 0.15) is 16.2 Å². The zero-order chi connectivity index (χ0) is 26.6. The van der Waals surface area contributed by atoms with Crippen molar-refractivity contribution >= 4 is 22.7 Å². The molecule has 0 saturated carbocycles. The van der Waals surface area contributed by atoms with E-state index in [-0.39, 0.29) is 12.4 Å². The highest BCUT2D eigenvalue weighted by molar-refractivity contribution is 5.89. The first-order valence-corrected chi connectivity index (χ1v) is 11.6. The van der Waals surface area contributed by atoms with E-state index < -0.39 is 17.3 Å². The van der Waals surface area contributed by atoms with Crippen molar-refractivity contribution in [3.63, 3.8) is 0 Å². The van der Waals surface area contributed by atoms with Crippen molar-refractivity contribution in [2.24, 2.45) is 5.73 Å². The largest absolute Gasteiger partial charge is 0.478 e. The molecule has 2 aromatic heterocycles. The van der Waals surface area contributed by atoms with Gasteiger partial charge in [-0.05, 0) is 54.6 Å². The normalized spacial score (nSPS) is 11.0. The number of halogens is 2. The van der Waals surface area contributed by atoms with Crippen LogP contribution in [0.2, 0.25) is 0 Å². The van der Waals surface area contributed by atoms with Crippen molar-refractivity contribution < 1.29 is 23.4 Å². The van der Waals surface area contributed by atoms with Crippen LogP contribution in [0.5, 0.6) is 5.88 Å². The predicted molar refractivity (Wildman–Crippen MR) is 138 cm³/mol. The molecule has 5 aromatic rings. The average molecular weight is 517 g/mol. The molecule has 0 bridgehead atoms. The first kappa shape index (κ1) is 24.8. The van der Waals surface area contributed by atoms with Gasteiger partial charge < -0.3 is 25.9 Å². The molecule has 0 radical (unpaired) electrons. The molecule has 5 rings (SSSR count). The summed E-state index contributed by atoms with van der Waals surface area (Å²) in [6.07, 6.45) is 1.53. The summed E-state index contributed by atoms with van der Waals surface area (Å²) in [6, 6.07) is 15.2. The highest BCUT2D eigenvalue weighted by atomic mass is 19.1. The number of carboxylic acid groups (broad SMARTS) is 1. The number of nitrogens with zero attached hydrogens (tertiary/aromatic N) is 3. The summed E-state index contributed by atoms with van der Waals surface area (Å²) in [7, 11) is 0. The Bertz CT molecular complexity index is 1620. The van der Waals surface area contributed by atoms with Gasteiger partial charge in [-0.25, -0.2) is 28.5 Å². The molecule has 0 aliphatic heterocycles. The summed E-state index contributed by atoms with van der Waals surface area (Å²) in [5, 5.41) is 12.2. The SMILES string of the molecule is NCCOc1cnc2ccc(-c3[nH]c(CNc4ccc(F)c(C(=O)O)c4)nc3-c3ccc(F)cc3)cc2n1. The third kappa shape index (κ3) is 5.27. The Morgan fingerprint density at radius 3 is 2.55 bits per heavy atom. The lowest BCUT2D eigenvalue weighted by Gasteiger charge is -2.07. The number of anilines is 1. The number of ether oxygens (including phenoxy) is 1. The molecule has 0 saturated heterocycles. The number of benzene rings is 3. The number of hydrogen-bond donors (Lipinski definition) is 4. The molecule has 0 aliphatic rings. The van der Waals surface area contributed by atoms with E-state index in [0.29, 0.717) is 58.5 Å². The quantitative estimate of drug-likeness (QED) is 0.223. The number of rotatable bonds is 9. The van der Waals surface area contributed by atoms with E-state index in [1.807, 2.05) is 18.2 Å². The second kappa shape index (κ2) is 10.6. The summed E-state index contributed by atoms with van der Waals surface area (Å²) >= 11 is 0. The molecule has 0 atom stereocenters. The standard InChI is InChI=1S/C27H22F2N6O3/c28-17-4-1-15(2-5-17)25-26(16-3-8-21-22(11-16)33-24(14-32-21)38-10-9-30)35-23(34-25)13-31-18-6-7-20(29)19(12-18)27(36)37/h1-8,11-12,14,31H,9-10,13,30H2,(H,34,35)(H,36,37). The third-order valence-electron chi connectivity index (χ3n) is 5.70. The minimum atomic E-state index is -1.36. The van der Waals surface area contributed by atoms with Crippen LogP contribution in [-0.4, -0.2) is 44.2 Å². The third-order valence-corrected chi connectivity index (χ3v) is 5.70. The van der Waals surface area contributed by atoms with Crippen LogP contribution >= 0.6 is 0 Å². The van der Waals surface area contributed by atoms with Crippen LogP contribution in [0.15, 0.2) is 66.9 Å². The van der Waals surface area contributed by atoms with Crippen LogP contribution in [0, 0.1) is 11.6 Å². The Kier molecular flexibility index (Phi) is 6.92. The average Bonchev–Trinajstić information content (AvgIpc) is 3.35. The van der Waals surface area contributed by atoms with E-state index in [2.05, 4.69) is 20.3 Å². The number of hydrogen-bond acceptors (Lipinski definition) is 7. The Morgan fingerprint density at radius 1 is 1.00 bits per heavy atom. The molecule has 3 aromatic carbocycles. The van der Waals surface area contributed by atoms with E-state index in [0.717, 1.165) is 11.6 Å². The zero-order valence-electron chi connectivity index (χ0n) is 19.9. The summed E-state index contributed by atoms with van der Waals surface area (Å²) in [4.78, 5) is 28.2. The van der Waals surface area contributed by atoms with Gasteiger partial charge in [0.25, 0.3) is 0 Å². The van der Waals surface area contributed by atoms with Crippen LogP contribution in [0.25, 0.3) is 33.5 Å². The summed E-state index contributed by atoms with van der Waals surface area (Å²) in [5.41, 5.74) is 9.44. The monoisotopic (exact) mass is 516 g/mol. The minimum Gasteiger partial charge on any atom is -0.478 e. The Labute approximate surface area is 215 Å². The fourth-order valence-electron chi connectivity index (χ4n) is 3.90. The number of aromatic carboxylic acids is 1. The number of fused-ring (bicyclic) bond motifs is 1.